The summed E-state index contributed by atoms with van der Waals surface area (Å²) in [5.41, 5.74) is -0.132. The summed E-state index contributed by atoms with van der Waals surface area (Å²) in [6, 6.07) is 5.11. The van der Waals surface area contributed by atoms with Crippen molar-refractivity contribution >= 4 is 0 Å². The summed E-state index contributed by atoms with van der Waals surface area (Å²) in [6.07, 6.45) is -4.96. The second-order valence-electron chi connectivity index (χ2n) is 4.34. The summed E-state index contributed by atoms with van der Waals surface area (Å²) in [6.45, 7) is 0.820. The Bertz CT molecular complexity index is 388. The Hall–Kier alpha value is -1.10. The lowest BCUT2D eigenvalue weighted by Crippen LogP contribution is -2.16. The zero-order chi connectivity index (χ0) is 12.5. The molecule has 1 N–H and O–H groups in total. The first kappa shape index (κ1) is 12.4. The van der Waals surface area contributed by atoms with Gasteiger partial charge in [0.15, 0.2) is 0 Å². The van der Waals surface area contributed by atoms with Crippen LogP contribution in [0, 0.1) is 5.92 Å². The van der Waals surface area contributed by atoms with E-state index in [9.17, 15) is 17.6 Å². The fourth-order valence-electron chi connectivity index (χ4n) is 2.08. The molecule has 2 unspecified atom stereocenters. The fourth-order valence-corrected chi connectivity index (χ4v) is 2.08. The van der Waals surface area contributed by atoms with Gasteiger partial charge in [0, 0.05) is 19.0 Å². The van der Waals surface area contributed by atoms with Crippen LogP contribution >= 0.6 is 0 Å². The van der Waals surface area contributed by atoms with E-state index in [2.05, 4.69) is 5.32 Å². The topological polar surface area (TPSA) is 12.0 Å². The summed E-state index contributed by atoms with van der Waals surface area (Å²) in [4.78, 5) is 0. The summed E-state index contributed by atoms with van der Waals surface area (Å²) < 4.78 is 50.7. The highest BCUT2D eigenvalue weighted by molar-refractivity contribution is 5.26. The van der Waals surface area contributed by atoms with Crippen LogP contribution in [0.15, 0.2) is 24.3 Å². The molecule has 5 heteroatoms. The van der Waals surface area contributed by atoms with E-state index >= 15 is 0 Å². The number of hydrogen-bond acceptors (Lipinski definition) is 1. The van der Waals surface area contributed by atoms with E-state index in [-0.39, 0.29) is 5.92 Å². The van der Waals surface area contributed by atoms with Crippen LogP contribution in [0.3, 0.4) is 0 Å². The van der Waals surface area contributed by atoms with Crippen LogP contribution in [0.4, 0.5) is 17.6 Å². The molecule has 1 fully saturated rings. The van der Waals surface area contributed by atoms with Gasteiger partial charge < -0.3 is 5.32 Å². The second kappa shape index (κ2) is 4.64. The third-order valence-electron chi connectivity index (χ3n) is 3.01. The monoisotopic (exact) mass is 247 g/mol. The molecule has 0 aromatic heterocycles. The van der Waals surface area contributed by atoms with Gasteiger partial charge in [-0.3, -0.25) is 0 Å². The van der Waals surface area contributed by atoms with Crippen molar-refractivity contribution in [1.29, 1.82) is 0 Å². The molecular formula is C12H13F4N. The van der Waals surface area contributed by atoms with Crippen LogP contribution in [0.1, 0.15) is 11.1 Å². The quantitative estimate of drug-likeness (QED) is 0.792. The second-order valence-corrected chi connectivity index (χ2v) is 4.34. The molecule has 2 rings (SSSR count). The number of nitrogens with one attached hydrogen (secondary N) is 1. The van der Waals surface area contributed by atoms with E-state index in [0.717, 1.165) is 12.1 Å². The highest BCUT2D eigenvalue weighted by Gasteiger charge is 2.31. The van der Waals surface area contributed by atoms with Gasteiger partial charge in [-0.1, -0.05) is 18.2 Å². The molecule has 0 radical (unpaired) electrons. The minimum atomic E-state index is -4.33. The molecule has 17 heavy (non-hydrogen) atoms. The zero-order valence-corrected chi connectivity index (χ0v) is 9.10. The largest absolute Gasteiger partial charge is 0.416 e. The van der Waals surface area contributed by atoms with Crippen molar-refractivity contribution < 1.29 is 17.6 Å². The van der Waals surface area contributed by atoms with Crippen molar-refractivity contribution in [2.24, 2.45) is 5.92 Å². The number of halogens is 4. The summed E-state index contributed by atoms with van der Waals surface area (Å²) in [5.74, 6) is -0.224. The Labute approximate surface area is 96.8 Å². The molecule has 1 saturated heterocycles. The van der Waals surface area contributed by atoms with Crippen LogP contribution in [0.2, 0.25) is 0 Å². The first-order valence-electron chi connectivity index (χ1n) is 5.48. The van der Waals surface area contributed by atoms with E-state index in [1.54, 1.807) is 6.07 Å². The molecule has 0 saturated carbocycles. The van der Waals surface area contributed by atoms with Gasteiger partial charge in [-0.25, -0.2) is 4.39 Å². The summed E-state index contributed by atoms with van der Waals surface area (Å²) >= 11 is 0. The average Bonchev–Trinajstić information content (AvgIpc) is 2.64. The third-order valence-corrected chi connectivity index (χ3v) is 3.01. The normalized spacial score (nSPS) is 25.2. The predicted molar refractivity (Wildman–Crippen MR) is 56.4 cm³/mol. The van der Waals surface area contributed by atoms with E-state index in [4.69, 9.17) is 0 Å². The highest BCUT2D eigenvalue weighted by atomic mass is 19.4. The lowest BCUT2D eigenvalue weighted by atomic mass is 9.96. The van der Waals surface area contributed by atoms with Gasteiger partial charge in [-0.15, -0.1) is 0 Å². The van der Waals surface area contributed by atoms with Gasteiger partial charge in [-0.05, 0) is 18.1 Å². The van der Waals surface area contributed by atoms with Crippen molar-refractivity contribution in [3.63, 3.8) is 0 Å². The molecule has 0 spiro atoms. The third kappa shape index (κ3) is 2.97. The summed E-state index contributed by atoms with van der Waals surface area (Å²) in [5, 5.41) is 2.89. The molecule has 1 nitrogen and oxygen atoms in total. The van der Waals surface area contributed by atoms with Gasteiger partial charge in [-0.2, -0.15) is 13.2 Å². The Morgan fingerprint density at radius 3 is 2.59 bits per heavy atom. The first-order valence-corrected chi connectivity index (χ1v) is 5.48. The van der Waals surface area contributed by atoms with Gasteiger partial charge >= 0.3 is 6.18 Å². The SMILES string of the molecule is FC1CNCC1Cc1cccc(C(F)(F)F)c1. The van der Waals surface area contributed by atoms with Crippen LogP contribution < -0.4 is 5.32 Å². The molecule has 94 valence electrons. The standard InChI is InChI=1S/C12H13F4N/c13-11-7-17-6-9(11)4-8-2-1-3-10(5-8)12(14,15)16/h1-3,5,9,11,17H,4,6-7H2. The minimum absolute atomic E-state index is 0.224. The smallest absolute Gasteiger partial charge is 0.313 e. The van der Waals surface area contributed by atoms with Gasteiger partial charge in [0.1, 0.15) is 6.17 Å². The number of hydrogen-bond donors (Lipinski definition) is 1. The van der Waals surface area contributed by atoms with E-state index in [1.165, 1.54) is 6.07 Å². The minimum Gasteiger partial charge on any atom is -0.313 e. The molecule has 0 amide bonds. The molecule has 1 heterocycles. The molecular weight excluding hydrogens is 234 g/mol. The summed E-state index contributed by atoms with van der Waals surface area (Å²) in [7, 11) is 0. The maximum absolute atomic E-state index is 13.3. The molecule has 2 atom stereocenters. The highest BCUT2D eigenvalue weighted by Crippen LogP contribution is 2.30. The lowest BCUT2D eigenvalue weighted by molar-refractivity contribution is -0.137. The Kier molecular flexibility index (Phi) is 3.38. The number of rotatable bonds is 2. The maximum atomic E-state index is 13.3. The van der Waals surface area contributed by atoms with Crippen molar-refractivity contribution in [2.75, 3.05) is 13.1 Å². The Morgan fingerprint density at radius 2 is 2.00 bits per heavy atom. The van der Waals surface area contributed by atoms with Crippen LogP contribution in [0.25, 0.3) is 0 Å². The number of benzene rings is 1. The Balaban J connectivity index is 2.11. The van der Waals surface area contributed by atoms with Crippen molar-refractivity contribution in [2.45, 2.75) is 18.8 Å². The molecule has 0 aliphatic carbocycles. The molecule has 1 aliphatic heterocycles. The van der Waals surface area contributed by atoms with Crippen LogP contribution in [0.5, 0.6) is 0 Å². The van der Waals surface area contributed by atoms with E-state index < -0.39 is 17.9 Å². The van der Waals surface area contributed by atoms with E-state index in [0.29, 0.717) is 25.1 Å². The molecule has 1 aliphatic rings. The lowest BCUT2D eigenvalue weighted by Gasteiger charge is -2.13. The van der Waals surface area contributed by atoms with Gasteiger partial charge in [0.25, 0.3) is 0 Å². The van der Waals surface area contributed by atoms with E-state index in [1.807, 2.05) is 0 Å². The predicted octanol–water partition coefficient (Wildman–Crippen LogP) is 2.81. The van der Waals surface area contributed by atoms with Gasteiger partial charge in [0.2, 0.25) is 0 Å². The zero-order valence-electron chi connectivity index (χ0n) is 9.10. The maximum Gasteiger partial charge on any atom is 0.416 e. The first-order chi connectivity index (χ1) is 7.97. The molecule has 1 aromatic carbocycles. The van der Waals surface area contributed by atoms with Crippen molar-refractivity contribution in [1.82, 2.24) is 5.32 Å². The Morgan fingerprint density at radius 1 is 1.24 bits per heavy atom. The van der Waals surface area contributed by atoms with Gasteiger partial charge in [0.05, 0.1) is 5.56 Å². The number of alkyl halides is 4. The molecule has 1 aromatic rings. The molecule has 0 bridgehead atoms. The van der Waals surface area contributed by atoms with Crippen molar-refractivity contribution in [3.8, 4) is 0 Å². The average molecular weight is 247 g/mol. The van der Waals surface area contributed by atoms with Crippen molar-refractivity contribution in [3.05, 3.63) is 35.4 Å². The van der Waals surface area contributed by atoms with Crippen LogP contribution in [-0.4, -0.2) is 19.3 Å². The fraction of sp³-hybridized carbons (Fsp3) is 0.500. The van der Waals surface area contributed by atoms with Crippen LogP contribution in [-0.2, 0) is 12.6 Å².